The van der Waals surface area contributed by atoms with Gasteiger partial charge in [-0.15, -0.1) is 6.58 Å². The van der Waals surface area contributed by atoms with Crippen LogP contribution < -0.4 is 4.74 Å². The summed E-state index contributed by atoms with van der Waals surface area (Å²) in [4.78, 5) is 19.1. The van der Waals surface area contributed by atoms with E-state index in [0.29, 0.717) is 32.7 Å². The zero-order chi connectivity index (χ0) is 20.4. The van der Waals surface area contributed by atoms with Gasteiger partial charge in [0, 0.05) is 25.4 Å². The molecule has 29 heavy (non-hydrogen) atoms. The van der Waals surface area contributed by atoms with Crippen molar-refractivity contribution in [3.05, 3.63) is 72.1 Å². The molecule has 0 saturated carbocycles. The lowest BCUT2D eigenvalue weighted by Gasteiger charge is -2.16. The third kappa shape index (κ3) is 3.90. The van der Waals surface area contributed by atoms with Crippen molar-refractivity contribution in [2.24, 2.45) is 0 Å². The molecular weight excluding hydrogens is 362 g/mol. The molecule has 4 rings (SSSR count). The van der Waals surface area contributed by atoms with Crippen molar-refractivity contribution in [2.45, 2.75) is 32.7 Å². The molecule has 0 N–H and O–H groups in total. The molecule has 1 atom stereocenters. The van der Waals surface area contributed by atoms with Crippen LogP contribution in [0.2, 0.25) is 0 Å². The van der Waals surface area contributed by atoms with E-state index < -0.39 is 0 Å². The van der Waals surface area contributed by atoms with Crippen LogP contribution in [0.4, 0.5) is 0 Å². The molecule has 2 aromatic carbocycles. The van der Waals surface area contributed by atoms with Crippen molar-refractivity contribution in [3.8, 4) is 5.75 Å². The number of carbonyl (C=O) groups excluding carboxylic acids is 1. The smallest absolute Gasteiger partial charge is 0.223 e. The first-order valence-corrected chi connectivity index (χ1v) is 10.1. The molecule has 1 aromatic heterocycles. The van der Waals surface area contributed by atoms with Gasteiger partial charge in [0.15, 0.2) is 0 Å². The van der Waals surface area contributed by atoms with Crippen molar-refractivity contribution in [3.63, 3.8) is 0 Å². The van der Waals surface area contributed by atoms with Gasteiger partial charge in [-0.05, 0) is 43.2 Å². The highest BCUT2D eigenvalue weighted by molar-refractivity contribution is 5.81. The van der Waals surface area contributed by atoms with Gasteiger partial charge in [0.05, 0.1) is 17.6 Å². The second-order valence-electron chi connectivity index (χ2n) is 7.72. The Kier molecular flexibility index (Phi) is 5.38. The number of imidazole rings is 1. The number of likely N-dealkylation sites (tertiary alicyclic amines) is 1. The first-order chi connectivity index (χ1) is 14.1. The molecule has 5 nitrogen and oxygen atoms in total. The molecule has 0 radical (unpaired) electrons. The molecule has 0 aliphatic carbocycles. The van der Waals surface area contributed by atoms with Crippen LogP contribution in [0.5, 0.6) is 5.75 Å². The van der Waals surface area contributed by atoms with Gasteiger partial charge in [0.2, 0.25) is 5.91 Å². The van der Waals surface area contributed by atoms with Gasteiger partial charge in [-0.25, -0.2) is 4.98 Å². The second kappa shape index (κ2) is 8.11. The lowest BCUT2D eigenvalue weighted by atomic mass is 10.1. The molecule has 1 amide bonds. The minimum atomic E-state index is 0.0931. The Labute approximate surface area is 171 Å². The molecule has 0 spiro atoms. The summed E-state index contributed by atoms with van der Waals surface area (Å²) in [7, 11) is 0. The van der Waals surface area contributed by atoms with E-state index in [0.717, 1.165) is 28.2 Å². The molecule has 1 saturated heterocycles. The van der Waals surface area contributed by atoms with Crippen molar-refractivity contribution >= 4 is 16.9 Å². The molecular formula is C24H27N3O2. The van der Waals surface area contributed by atoms with E-state index in [1.165, 1.54) is 5.56 Å². The topological polar surface area (TPSA) is 47.4 Å². The summed E-state index contributed by atoms with van der Waals surface area (Å²) in [5.41, 5.74) is 4.37. The number of ether oxygens (including phenoxy) is 1. The van der Waals surface area contributed by atoms with Crippen LogP contribution in [-0.2, 0) is 11.3 Å². The van der Waals surface area contributed by atoms with Crippen LogP contribution in [0, 0.1) is 13.8 Å². The van der Waals surface area contributed by atoms with E-state index >= 15 is 0 Å². The maximum atomic E-state index is 12.4. The Balaban J connectivity index is 1.58. The third-order valence-electron chi connectivity index (χ3n) is 5.53. The first-order valence-electron chi connectivity index (χ1n) is 10.1. The number of aryl methyl sites for hydroxylation is 2. The number of benzene rings is 2. The van der Waals surface area contributed by atoms with E-state index in [2.05, 4.69) is 49.3 Å². The van der Waals surface area contributed by atoms with Crippen LogP contribution in [0.1, 0.15) is 29.3 Å². The lowest BCUT2D eigenvalue weighted by molar-refractivity contribution is -0.127. The Bertz CT molecular complexity index is 1050. The quantitative estimate of drug-likeness (QED) is 0.568. The summed E-state index contributed by atoms with van der Waals surface area (Å²) in [5, 5.41) is 0. The van der Waals surface area contributed by atoms with Crippen LogP contribution >= 0.6 is 0 Å². The Morgan fingerprint density at radius 3 is 2.90 bits per heavy atom. The number of para-hydroxylation sites is 2. The number of hydrogen-bond acceptors (Lipinski definition) is 3. The fourth-order valence-electron chi connectivity index (χ4n) is 4.03. The average Bonchev–Trinajstić information content (AvgIpc) is 3.26. The summed E-state index contributed by atoms with van der Waals surface area (Å²) >= 11 is 0. The highest BCUT2D eigenvalue weighted by atomic mass is 16.5. The minimum Gasteiger partial charge on any atom is -0.491 e. The molecule has 2 heterocycles. The zero-order valence-electron chi connectivity index (χ0n) is 17.1. The fraction of sp³-hybridized carbons (Fsp3) is 0.333. The molecule has 3 aromatic rings. The number of aromatic nitrogens is 2. The van der Waals surface area contributed by atoms with Gasteiger partial charge < -0.3 is 14.2 Å². The van der Waals surface area contributed by atoms with Crippen LogP contribution in [0.15, 0.2) is 55.1 Å². The molecule has 5 heteroatoms. The summed E-state index contributed by atoms with van der Waals surface area (Å²) < 4.78 is 8.32. The predicted molar refractivity (Wildman–Crippen MR) is 115 cm³/mol. The Morgan fingerprint density at radius 2 is 2.07 bits per heavy atom. The number of nitrogens with zero attached hydrogens (tertiary/aromatic N) is 3. The lowest BCUT2D eigenvalue weighted by Crippen LogP contribution is -2.25. The van der Waals surface area contributed by atoms with E-state index in [9.17, 15) is 4.79 Å². The average molecular weight is 389 g/mol. The summed E-state index contributed by atoms with van der Waals surface area (Å²) in [6.07, 6.45) is 2.27. The zero-order valence-corrected chi connectivity index (χ0v) is 17.1. The summed E-state index contributed by atoms with van der Waals surface area (Å²) in [6, 6.07) is 14.4. The number of carbonyl (C=O) groups is 1. The van der Waals surface area contributed by atoms with Gasteiger partial charge in [0.1, 0.15) is 18.2 Å². The van der Waals surface area contributed by atoms with Crippen molar-refractivity contribution in [1.29, 1.82) is 0 Å². The largest absolute Gasteiger partial charge is 0.491 e. The summed E-state index contributed by atoms with van der Waals surface area (Å²) in [5.74, 6) is 2.15. The van der Waals surface area contributed by atoms with Gasteiger partial charge in [-0.1, -0.05) is 30.3 Å². The van der Waals surface area contributed by atoms with Gasteiger partial charge >= 0.3 is 0 Å². The number of fused-ring (bicyclic) bond motifs is 1. The van der Waals surface area contributed by atoms with Gasteiger partial charge in [0.25, 0.3) is 0 Å². The van der Waals surface area contributed by atoms with Crippen molar-refractivity contribution in [1.82, 2.24) is 14.5 Å². The SMILES string of the molecule is C=CCN1CC(c2nc3ccccc3n2CCOc2cc(C)ccc2C)CC1=O. The highest BCUT2D eigenvalue weighted by Gasteiger charge is 2.33. The molecule has 1 unspecified atom stereocenters. The number of amides is 1. The van der Waals surface area contributed by atoms with Crippen LogP contribution in [0.3, 0.4) is 0 Å². The van der Waals surface area contributed by atoms with Crippen LogP contribution in [-0.4, -0.2) is 40.1 Å². The van der Waals surface area contributed by atoms with E-state index in [-0.39, 0.29) is 11.8 Å². The Morgan fingerprint density at radius 1 is 1.24 bits per heavy atom. The number of rotatable bonds is 7. The normalized spacial score (nSPS) is 16.6. The first kappa shape index (κ1) is 19.2. The monoisotopic (exact) mass is 389 g/mol. The van der Waals surface area contributed by atoms with Gasteiger partial charge in [-0.2, -0.15) is 0 Å². The maximum absolute atomic E-state index is 12.4. The molecule has 1 aliphatic heterocycles. The predicted octanol–water partition coefficient (Wildman–Crippen LogP) is 4.23. The summed E-state index contributed by atoms with van der Waals surface area (Å²) in [6.45, 7) is 10.4. The molecule has 1 aliphatic rings. The fourth-order valence-corrected chi connectivity index (χ4v) is 4.03. The standard InChI is InChI=1S/C24H27N3O2/c1-4-11-26-16-19(15-23(26)28)24-25-20-7-5-6-8-21(20)27(24)12-13-29-22-14-17(2)9-10-18(22)3/h4-10,14,19H,1,11-13,15-16H2,2-3H3. The maximum Gasteiger partial charge on any atom is 0.223 e. The number of hydrogen-bond donors (Lipinski definition) is 0. The molecule has 1 fully saturated rings. The van der Waals surface area contributed by atoms with Crippen LogP contribution in [0.25, 0.3) is 11.0 Å². The van der Waals surface area contributed by atoms with E-state index in [4.69, 9.17) is 9.72 Å². The van der Waals surface area contributed by atoms with E-state index in [1.54, 1.807) is 6.08 Å². The van der Waals surface area contributed by atoms with E-state index in [1.807, 2.05) is 23.1 Å². The highest BCUT2D eigenvalue weighted by Crippen LogP contribution is 2.30. The Hall–Kier alpha value is -3.08. The van der Waals surface area contributed by atoms with Gasteiger partial charge in [-0.3, -0.25) is 4.79 Å². The minimum absolute atomic E-state index is 0.0931. The van der Waals surface area contributed by atoms with Crippen molar-refractivity contribution < 1.29 is 9.53 Å². The third-order valence-corrected chi connectivity index (χ3v) is 5.53. The second-order valence-corrected chi connectivity index (χ2v) is 7.72. The van der Waals surface area contributed by atoms with Crippen molar-refractivity contribution in [2.75, 3.05) is 19.7 Å². The molecule has 0 bridgehead atoms. The molecule has 150 valence electrons.